The van der Waals surface area contributed by atoms with E-state index in [1.165, 1.54) is 18.4 Å². The van der Waals surface area contributed by atoms with Crippen molar-refractivity contribution in [2.75, 3.05) is 0 Å². The van der Waals surface area contributed by atoms with E-state index in [-0.39, 0.29) is 0 Å². The van der Waals surface area contributed by atoms with Crippen LogP contribution < -0.4 is 0 Å². The maximum Gasteiger partial charge on any atom is 0.0674 e. The highest BCUT2D eigenvalue weighted by Crippen LogP contribution is 2.41. The van der Waals surface area contributed by atoms with Gasteiger partial charge in [0.1, 0.15) is 0 Å². The third kappa shape index (κ3) is 1.52. The Morgan fingerprint density at radius 1 is 1.27 bits per heavy atom. The van der Waals surface area contributed by atoms with E-state index in [1.807, 2.05) is 12.1 Å². The molecule has 0 N–H and O–H groups in total. The monoisotopic (exact) mass is 185 g/mol. The second-order valence-electron chi connectivity index (χ2n) is 2.85. The quantitative estimate of drug-likeness (QED) is 0.627. The van der Waals surface area contributed by atoms with Crippen molar-refractivity contribution in [2.24, 2.45) is 0 Å². The summed E-state index contributed by atoms with van der Waals surface area (Å²) in [5.74, 6) is 0.699. The second kappa shape index (κ2) is 2.69. The Morgan fingerprint density at radius 3 is 2.55 bits per heavy atom. The summed E-state index contributed by atoms with van der Waals surface area (Å²) in [6.07, 6.45) is 2.54. The van der Waals surface area contributed by atoms with Gasteiger partial charge in [-0.3, -0.25) is 0 Å². The summed E-state index contributed by atoms with van der Waals surface area (Å²) < 4.78 is 0. The van der Waals surface area contributed by atoms with Crippen molar-refractivity contribution >= 4 is 23.2 Å². The minimum Gasteiger partial charge on any atom is -0.0827 e. The highest BCUT2D eigenvalue weighted by atomic mass is 35.5. The predicted octanol–water partition coefficient (Wildman–Crippen LogP) is 3.67. The number of hydrogen-bond donors (Lipinski definition) is 0. The fraction of sp³-hybridized carbons (Fsp3) is 0.333. The molecule has 2 rings (SSSR count). The molecule has 0 heterocycles. The molecule has 1 aromatic carbocycles. The molecule has 0 spiro atoms. The maximum absolute atomic E-state index is 5.80. The minimum absolute atomic E-state index is 0.552. The molecule has 1 aliphatic rings. The molecular formula is C9H7Cl2. The van der Waals surface area contributed by atoms with Gasteiger partial charge in [-0.25, -0.2) is 0 Å². The van der Waals surface area contributed by atoms with Gasteiger partial charge < -0.3 is 0 Å². The summed E-state index contributed by atoms with van der Waals surface area (Å²) in [4.78, 5) is 0. The summed E-state index contributed by atoms with van der Waals surface area (Å²) >= 11 is 11.5. The summed E-state index contributed by atoms with van der Waals surface area (Å²) in [6, 6.07) is 6.92. The first-order valence-electron chi connectivity index (χ1n) is 3.64. The number of halogens is 2. The van der Waals surface area contributed by atoms with E-state index >= 15 is 0 Å². The second-order valence-corrected chi connectivity index (χ2v) is 3.64. The first kappa shape index (κ1) is 7.45. The van der Waals surface area contributed by atoms with Gasteiger partial charge in [-0.15, -0.1) is 0 Å². The van der Waals surface area contributed by atoms with Gasteiger partial charge in [0, 0.05) is 6.07 Å². The van der Waals surface area contributed by atoms with Gasteiger partial charge in [0.15, 0.2) is 0 Å². The van der Waals surface area contributed by atoms with Gasteiger partial charge in [0.2, 0.25) is 0 Å². The van der Waals surface area contributed by atoms with Crippen LogP contribution in [0.25, 0.3) is 0 Å². The molecule has 1 fully saturated rings. The normalized spacial score (nSPS) is 16.9. The van der Waals surface area contributed by atoms with Crippen LogP contribution in [-0.2, 0) is 0 Å². The highest BCUT2D eigenvalue weighted by molar-refractivity contribution is 6.41. The molecule has 0 saturated heterocycles. The van der Waals surface area contributed by atoms with Crippen LogP contribution in [0.1, 0.15) is 24.3 Å². The van der Waals surface area contributed by atoms with Crippen LogP contribution in [0.4, 0.5) is 0 Å². The van der Waals surface area contributed by atoms with E-state index in [4.69, 9.17) is 23.2 Å². The molecule has 2 heteroatoms. The van der Waals surface area contributed by atoms with Gasteiger partial charge in [0.05, 0.1) is 10.0 Å². The highest BCUT2D eigenvalue weighted by Gasteiger charge is 2.23. The first-order chi connectivity index (χ1) is 5.27. The standard InChI is InChI=1S/C9H7Cl2/c10-8-4-3-7(5-9(8)11)6-1-2-6/h3-4,6H,1-2H2. The smallest absolute Gasteiger partial charge is 0.0674 e. The number of rotatable bonds is 1. The topological polar surface area (TPSA) is 0 Å². The van der Waals surface area contributed by atoms with Crippen molar-refractivity contribution in [2.45, 2.75) is 18.8 Å². The molecule has 0 amide bonds. The van der Waals surface area contributed by atoms with Gasteiger partial charge in [-0.2, -0.15) is 0 Å². The van der Waals surface area contributed by atoms with Crippen LogP contribution in [0.2, 0.25) is 10.0 Å². The van der Waals surface area contributed by atoms with Gasteiger partial charge in [0.25, 0.3) is 0 Å². The molecule has 11 heavy (non-hydrogen) atoms. The van der Waals surface area contributed by atoms with Crippen LogP contribution in [0.5, 0.6) is 0 Å². The van der Waals surface area contributed by atoms with Crippen molar-refractivity contribution in [3.05, 3.63) is 33.8 Å². The Morgan fingerprint density at radius 2 is 2.00 bits per heavy atom. The third-order valence-corrected chi connectivity index (χ3v) is 2.60. The van der Waals surface area contributed by atoms with Crippen molar-refractivity contribution in [1.82, 2.24) is 0 Å². The van der Waals surface area contributed by atoms with E-state index < -0.39 is 0 Å². The summed E-state index contributed by atoms with van der Waals surface area (Å²) in [7, 11) is 0. The van der Waals surface area contributed by atoms with Gasteiger partial charge in [-0.1, -0.05) is 29.3 Å². The Bertz CT molecular complexity index is 277. The number of hydrogen-bond acceptors (Lipinski definition) is 0. The Labute approximate surface area is 76.1 Å². The molecule has 0 aliphatic heterocycles. The third-order valence-electron chi connectivity index (χ3n) is 1.89. The first-order valence-corrected chi connectivity index (χ1v) is 4.40. The van der Waals surface area contributed by atoms with E-state index in [1.54, 1.807) is 0 Å². The SMILES string of the molecule is Clc1[c]c(C2CC2)ccc1Cl. The predicted molar refractivity (Wildman–Crippen MR) is 47.3 cm³/mol. The van der Waals surface area contributed by atoms with Crippen LogP contribution in [0.15, 0.2) is 12.1 Å². The van der Waals surface area contributed by atoms with Crippen LogP contribution in [0, 0.1) is 6.07 Å². The van der Waals surface area contributed by atoms with Crippen molar-refractivity contribution in [1.29, 1.82) is 0 Å². The molecule has 1 saturated carbocycles. The van der Waals surface area contributed by atoms with E-state index in [2.05, 4.69) is 6.07 Å². The zero-order valence-electron chi connectivity index (χ0n) is 5.90. The average Bonchev–Trinajstić information content (AvgIpc) is 2.77. The lowest BCUT2D eigenvalue weighted by atomic mass is 10.1. The zero-order chi connectivity index (χ0) is 7.84. The molecule has 1 aromatic rings. The van der Waals surface area contributed by atoms with Gasteiger partial charge in [-0.05, 0) is 30.4 Å². The molecule has 0 nitrogen and oxygen atoms in total. The van der Waals surface area contributed by atoms with Crippen LogP contribution in [-0.4, -0.2) is 0 Å². The fourth-order valence-corrected chi connectivity index (χ4v) is 1.38. The Balaban J connectivity index is 2.36. The largest absolute Gasteiger partial charge is 0.0827 e. The Hall–Kier alpha value is -0.200. The summed E-state index contributed by atoms with van der Waals surface area (Å²) in [6.45, 7) is 0. The molecule has 0 aromatic heterocycles. The van der Waals surface area contributed by atoms with Crippen molar-refractivity contribution < 1.29 is 0 Å². The van der Waals surface area contributed by atoms with E-state index in [0.717, 1.165) is 0 Å². The lowest BCUT2D eigenvalue weighted by molar-refractivity contribution is 1.13. The molecule has 0 bridgehead atoms. The molecule has 57 valence electrons. The summed E-state index contributed by atoms with van der Waals surface area (Å²) in [5, 5.41) is 1.15. The van der Waals surface area contributed by atoms with Gasteiger partial charge >= 0.3 is 0 Å². The van der Waals surface area contributed by atoms with E-state index in [9.17, 15) is 0 Å². The molecule has 1 radical (unpaired) electrons. The van der Waals surface area contributed by atoms with E-state index in [0.29, 0.717) is 16.0 Å². The molecular weight excluding hydrogens is 179 g/mol. The average molecular weight is 186 g/mol. The fourth-order valence-electron chi connectivity index (χ4n) is 1.10. The minimum atomic E-state index is 0.552. The number of benzene rings is 1. The zero-order valence-corrected chi connectivity index (χ0v) is 7.41. The lowest BCUT2D eigenvalue weighted by Gasteiger charge is -1.98. The summed E-state index contributed by atoms with van der Waals surface area (Å²) in [5.41, 5.74) is 1.21. The maximum atomic E-state index is 5.80. The molecule has 1 aliphatic carbocycles. The van der Waals surface area contributed by atoms with Crippen LogP contribution in [0.3, 0.4) is 0 Å². The lowest BCUT2D eigenvalue weighted by Crippen LogP contribution is -1.79. The molecule has 0 atom stereocenters. The van der Waals surface area contributed by atoms with Crippen LogP contribution >= 0.6 is 23.2 Å². The van der Waals surface area contributed by atoms with Crippen molar-refractivity contribution in [3.8, 4) is 0 Å². The Kier molecular flexibility index (Phi) is 1.82. The molecule has 0 unspecified atom stereocenters. The van der Waals surface area contributed by atoms with Crippen molar-refractivity contribution in [3.63, 3.8) is 0 Å².